The number of hydrogen-bond donors (Lipinski definition) is 1. The van der Waals surface area contributed by atoms with E-state index in [0.717, 1.165) is 24.0 Å². The largest absolute Gasteiger partial charge is 0.569 e. The summed E-state index contributed by atoms with van der Waals surface area (Å²) in [6.07, 6.45) is 0. The second-order valence-corrected chi connectivity index (χ2v) is 6.96. The molecule has 0 aliphatic heterocycles. The maximum atomic E-state index is 9.14. The summed E-state index contributed by atoms with van der Waals surface area (Å²) in [5.74, 6) is 0.603. The molecule has 0 bridgehead atoms. The lowest BCUT2D eigenvalue weighted by molar-refractivity contribution is 0.454. The number of fused-ring (bicyclic) bond motifs is 2. The van der Waals surface area contributed by atoms with Crippen LogP contribution >= 0.6 is 0 Å². The molecule has 5 rings (SSSR count). The van der Waals surface area contributed by atoms with E-state index in [0.29, 0.717) is 5.75 Å². The zero-order valence-electron chi connectivity index (χ0n) is 15.7. The van der Waals surface area contributed by atoms with Crippen molar-refractivity contribution < 1.29 is 9.68 Å². The lowest BCUT2D eigenvalue weighted by Crippen LogP contribution is -2.00. The Morgan fingerprint density at radius 3 is 1.55 bits per heavy atom. The topological polar surface area (TPSA) is 29.5 Å². The third-order valence-corrected chi connectivity index (χ3v) is 5.31. The Morgan fingerprint density at radius 1 is 0.517 bits per heavy atom. The molecule has 1 N–H and O–H groups in total. The molecule has 0 saturated heterocycles. The smallest absolute Gasteiger partial charge is 0.537 e. The van der Waals surface area contributed by atoms with Crippen LogP contribution in [0.15, 0.2) is 103 Å². The molecule has 0 amide bonds. The average molecular weight is 373 g/mol. The first-order chi connectivity index (χ1) is 14.4. The van der Waals surface area contributed by atoms with Crippen LogP contribution in [0.1, 0.15) is 0 Å². The van der Waals surface area contributed by atoms with Crippen molar-refractivity contribution in [1.82, 2.24) is 0 Å². The van der Waals surface area contributed by atoms with Crippen molar-refractivity contribution >= 4 is 29.2 Å². The van der Waals surface area contributed by atoms with Gasteiger partial charge in [0.05, 0.1) is 0 Å². The maximum Gasteiger partial charge on any atom is 0.569 e. The van der Waals surface area contributed by atoms with Crippen molar-refractivity contribution in [3.63, 3.8) is 0 Å². The molecule has 0 fully saturated rings. The van der Waals surface area contributed by atoms with Gasteiger partial charge in [-0.3, -0.25) is 0 Å². The summed E-state index contributed by atoms with van der Waals surface area (Å²) in [5.41, 5.74) is 4.70. The summed E-state index contributed by atoms with van der Waals surface area (Å²) in [6.45, 7) is 0. The minimum Gasteiger partial charge on any atom is -0.537 e. The van der Waals surface area contributed by atoms with Gasteiger partial charge in [-0.25, -0.2) is 0 Å². The van der Waals surface area contributed by atoms with E-state index in [2.05, 4.69) is 78.9 Å². The highest BCUT2D eigenvalue weighted by molar-refractivity contribution is 6.22. The zero-order valence-corrected chi connectivity index (χ0v) is 15.7. The summed E-state index contributed by atoms with van der Waals surface area (Å²) in [6, 6.07) is 35.4. The third-order valence-electron chi connectivity index (χ3n) is 5.31. The van der Waals surface area contributed by atoms with Crippen molar-refractivity contribution in [1.29, 1.82) is 0 Å². The van der Waals surface area contributed by atoms with Gasteiger partial charge in [-0.15, -0.1) is 0 Å². The monoisotopic (exact) mass is 373 g/mol. The van der Waals surface area contributed by atoms with E-state index in [-0.39, 0.29) is 0 Å². The van der Waals surface area contributed by atoms with Crippen molar-refractivity contribution in [2.45, 2.75) is 0 Å². The second kappa shape index (κ2) is 7.46. The van der Waals surface area contributed by atoms with E-state index in [4.69, 9.17) is 9.68 Å². The van der Waals surface area contributed by atoms with Crippen molar-refractivity contribution in [2.24, 2.45) is 0 Å². The molecule has 137 valence electrons. The molecule has 29 heavy (non-hydrogen) atoms. The van der Waals surface area contributed by atoms with Crippen LogP contribution in [0.3, 0.4) is 0 Å². The number of hydrogen-bond acceptors (Lipinski definition) is 2. The highest BCUT2D eigenvalue weighted by atomic mass is 16.5. The van der Waals surface area contributed by atoms with E-state index in [1.807, 2.05) is 24.3 Å². The lowest BCUT2D eigenvalue weighted by Gasteiger charge is -2.18. The quantitative estimate of drug-likeness (QED) is 0.299. The first kappa shape index (κ1) is 17.5. The fourth-order valence-corrected chi connectivity index (χ4v) is 4.12. The Kier molecular flexibility index (Phi) is 4.51. The van der Waals surface area contributed by atoms with Crippen molar-refractivity contribution in [3.8, 4) is 28.0 Å². The van der Waals surface area contributed by atoms with Crippen LogP contribution in [0.2, 0.25) is 0 Å². The molecule has 0 spiro atoms. The van der Waals surface area contributed by atoms with Crippen LogP contribution in [-0.4, -0.2) is 12.7 Å². The van der Waals surface area contributed by atoms with Crippen molar-refractivity contribution in [3.05, 3.63) is 103 Å². The van der Waals surface area contributed by atoms with Crippen LogP contribution in [0.25, 0.3) is 43.8 Å². The normalized spacial score (nSPS) is 10.9. The van der Waals surface area contributed by atoms with Gasteiger partial charge in [0, 0.05) is 0 Å². The summed E-state index contributed by atoms with van der Waals surface area (Å²) >= 11 is 0. The van der Waals surface area contributed by atoms with E-state index in [9.17, 15) is 0 Å². The highest BCUT2D eigenvalue weighted by Gasteiger charge is 2.17. The Morgan fingerprint density at radius 2 is 1.00 bits per heavy atom. The summed E-state index contributed by atoms with van der Waals surface area (Å²) < 4.78 is 5.29. The standard InChI is InChI=1S/C26H18BO2/c28-27-29-20-15-16-23-24(17-20)26(19-11-5-2-6-12-19)22-14-8-7-13-21(22)25(23)18-9-3-1-4-10-18/h1-17,28H. The van der Waals surface area contributed by atoms with Gasteiger partial charge in [0.25, 0.3) is 0 Å². The van der Waals surface area contributed by atoms with E-state index < -0.39 is 0 Å². The fraction of sp³-hybridized carbons (Fsp3) is 0. The van der Waals surface area contributed by atoms with E-state index in [1.54, 1.807) is 0 Å². The van der Waals surface area contributed by atoms with Crippen LogP contribution in [0, 0.1) is 0 Å². The molecule has 0 saturated carbocycles. The Labute approximate surface area is 170 Å². The number of rotatable bonds is 4. The van der Waals surface area contributed by atoms with Gasteiger partial charge in [0.1, 0.15) is 5.75 Å². The van der Waals surface area contributed by atoms with Gasteiger partial charge in [-0.05, 0) is 55.9 Å². The second-order valence-electron chi connectivity index (χ2n) is 6.96. The van der Waals surface area contributed by atoms with Crippen LogP contribution in [-0.2, 0) is 0 Å². The SMILES string of the molecule is O[B]Oc1ccc2c(-c3ccccc3)c3ccccc3c(-c3ccccc3)c2c1. The Balaban J connectivity index is 1.98. The Bertz CT molecular complexity index is 1300. The molecule has 0 heterocycles. The first-order valence-electron chi connectivity index (χ1n) is 9.58. The molecule has 5 aromatic carbocycles. The molecular weight excluding hydrogens is 355 g/mol. The minimum atomic E-state index is 0.603. The molecule has 0 aromatic heterocycles. The van der Waals surface area contributed by atoms with E-state index >= 15 is 0 Å². The molecule has 0 aliphatic rings. The zero-order chi connectivity index (χ0) is 19.6. The summed E-state index contributed by atoms with van der Waals surface area (Å²) in [7, 11) is 0.725. The fourth-order valence-electron chi connectivity index (χ4n) is 4.12. The molecule has 1 radical (unpaired) electrons. The molecular formula is C26H18BO2. The van der Waals surface area contributed by atoms with Crippen LogP contribution in [0.5, 0.6) is 5.75 Å². The van der Waals surface area contributed by atoms with Crippen molar-refractivity contribution in [2.75, 3.05) is 0 Å². The predicted molar refractivity (Wildman–Crippen MR) is 121 cm³/mol. The summed E-state index contributed by atoms with van der Waals surface area (Å²) in [5, 5.41) is 13.8. The maximum absolute atomic E-state index is 9.14. The molecule has 0 atom stereocenters. The molecule has 3 heteroatoms. The van der Waals surface area contributed by atoms with Gasteiger partial charge in [-0.1, -0.05) is 91.0 Å². The first-order valence-corrected chi connectivity index (χ1v) is 9.58. The average Bonchev–Trinajstić information content (AvgIpc) is 2.79. The van der Waals surface area contributed by atoms with E-state index in [1.165, 1.54) is 27.5 Å². The molecule has 0 aliphatic carbocycles. The van der Waals surface area contributed by atoms with Gasteiger partial charge in [0.15, 0.2) is 0 Å². The van der Waals surface area contributed by atoms with Gasteiger partial charge in [0.2, 0.25) is 0 Å². The van der Waals surface area contributed by atoms with Gasteiger partial charge in [-0.2, -0.15) is 0 Å². The minimum absolute atomic E-state index is 0.603. The van der Waals surface area contributed by atoms with Crippen LogP contribution < -0.4 is 4.65 Å². The van der Waals surface area contributed by atoms with Crippen LogP contribution in [0.4, 0.5) is 0 Å². The third kappa shape index (κ3) is 3.06. The lowest BCUT2D eigenvalue weighted by atomic mass is 9.86. The Hall–Kier alpha value is -3.56. The van der Waals surface area contributed by atoms with Gasteiger partial charge < -0.3 is 9.68 Å². The number of benzene rings is 5. The summed E-state index contributed by atoms with van der Waals surface area (Å²) in [4.78, 5) is 0. The molecule has 5 aromatic rings. The molecule has 2 nitrogen and oxygen atoms in total. The van der Waals surface area contributed by atoms with Gasteiger partial charge >= 0.3 is 7.69 Å². The highest BCUT2D eigenvalue weighted by Crippen LogP contribution is 2.44. The predicted octanol–water partition coefficient (Wildman–Crippen LogP) is 6.23. The molecule has 0 unspecified atom stereocenters.